The van der Waals surface area contributed by atoms with Crippen LogP contribution in [0.15, 0.2) is 48.7 Å². The number of nitrogens with zero attached hydrogens (tertiary/aromatic N) is 2. The third-order valence-corrected chi connectivity index (χ3v) is 3.32. The summed E-state index contributed by atoms with van der Waals surface area (Å²) in [7, 11) is 1.64. The van der Waals surface area contributed by atoms with E-state index in [0.717, 1.165) is 5.56 Å². The Morgan fingerprint density at radius 3 is 2.73 bits per heavy atom. The van der Waals surface area contributed by atoms with Crippen molar-refractivity contribution in [1.82, 2.24) is 9.88 Å². The Morgan fingerprint density at radius 2 is 2.05 bits per heavy atom. The van der Waals surface area contributed by atoms with Crippen LogP contribution in [0.3, 0.4) is 0 Å². The number of hydrogen-bond donors (Lipinski definition) is 1. The van der Waals surface area contributed by atoms with Crippen LogP contribution in [0.4, 0.5) is 0 Å². The molecule has 1 unspecified atom stereocenters. The molecule has 1 aromatic heterocycles. The zero-order valence-corrected chi connectivity index (χ0v) is 12.4. The van der Waals surface area contributed by atoms with Gasteiger partial charge >= 0.3 is 0 Å². The van der Waals surface area contributed by atoms with Gasteiger partial charge < -0.3 is 10.0 Å². The second-order valence-corrected chi connectivity index (χ2v) is 5.07. The van der Waals surface area contributed by atoms with E-state index in [1.807, 2.05) is 30.3 Å². The molecule has 1 aromatic carbocycles. The Morgan fingerprint density at radius 1 is 1.32 bits per heavy atom. The Kier molecular flexibility index (Phi) is 5.29. The number of terminal acetylenes is 1. The minimum Gasteiger partial charge on any atom is -0.391 e. The summed E-state index contributed by atoms with van der Waals surface area (Å²) in [4.78, 5) is 17.9. The van der Waals surface area contributed by atoms with Crippen molar-refractivity contribution in [3.05, 3.63) is 65.5 Å². The van der Waals surface area contributed by atoms with Crippen LogP contribution < -0.4 is 0 Å². The molecule has 0 aliphatic carbocycles. The number of rotatable bonds is 5. The van der Waals surface area contributed by atoms with Crippen molar-refractivity contribution in [3.63, 3.8) is 0 Å². The quantitative estimate of drug-likeness (QED) is 0.855. The second kappa shape index (κ2) is 7.39. The molecule has 4 nitrogen and oxygen atoms in total. The summed E-state index contributed by atoms with van der Waals surface area (Å²) < 4.78 is 0. The molecule has 0 radical (unpaired) electrons. The number of aliphatic hydroxyl groups is 1. The summed E-state index contributed by atoms with van der Waals surface area (Å²) in [5, 5.41) is 10.1. The Balaban J connectivity index is 2.01. The van der Waals surface area contributed by atoms with Crippen LogP contribution in [0.1, 0.15) is 21.6 Å². The van der Waals surface area contributed by atoms with E-state index in [2.05, 4.69) is 10.9 Å². The average Bonchev–Trinajstić information content (AvgIpc) is 2.54. The van der Waals surface area contributed by atoms with E-state index in [9.17, 15) is 9.90 Å². The van der Waals surface area contributed by atoms with Crippen molar-refractivity contribution >= 4 is 5.91 Å². The second-order valence-electron chi connectivity index (χ2n) is 5.07. The molecule has 1 heterocycles. The summed E-state index contributed by atoms with van der Waals surface area (Å²) in [5.41, 5.74) is 1.72. The summed E-state index contributed by atoms with van der Waals surface area (Å²) in [6, 6.07) is 13.0. The summed E-state index contributed by atoms with van der Waals surface area (Å²) in [6.07, 6.45) is 6.77. The first-order chi connectivity index (χ1) is 10.6. The number of aliphatic hydroxyl groups excluding tert-OH is 1. The van der Waals surface area contributed by atoms with Gasteiger partial charge in [0.15, 0.2) is 0 Å². The summed E-state index contributed by atoms with van der Waals surface area (Å²) >= 11 is 0. The molecular weight excluding hydrogens is 276 g/mol. The van der Waals surface area contributed by atoms with E-state index in [4.69, 9.17) is 6.42 Å². The highest BCUT2D eigenvalue weighted by Crippen LogP contribution is 2.09. The van der Waals surface area contributed by atoms with Gasteiger partial charge in [-0.3, -0.25) is 4.79 Å². The van der Waals surface area contributed by atoms with E-state index >= 15 is 0 Å². The first kappa shape index (κ1) is 15.7. The third kappa shape index (κ3) is 3.94. The topological polar surface area (TPSA) is 53.4 Å². The number of amides is 1. The number of hydrogen-bond acceptors (Lipinski definition) is 3. The first-order valence-corrected chi connectivity index (χ1v) is 7.01. The SMILES string of the molecule is C#Cc1ncccc1C(=O)N(C)CC(O)Cc1ccccc1. The maximum atomic E-state index is 12.4. The van der Waals surface area contributed by atoms with Crippen LogP contribution in [-0.4, -0.2) is 40.6 Å². The van der Waals surface area contributed by atoms with Crippen LogP contribution >= 0.6 is 0 Å². The molecule has 22 heavy (non-hydrogen) atoms. The number of carbonyl (C=O) groups excluding carboxylic acids is 1. The van der Waals surface area contributed by atoms with Gasteiger partial charge in [0.1, 0.15) is 5.69 Å². The summed E-state index contributed by atoms with van der Waals surface area (Å²) in [6.45, 7) is 0.229. The lowest BCUT2D eigenvalue weighted by atomic mass is 10.1. The molecule has 0 saturated carbocycles. The number of carbonyl (C=O) groups is 1. The first-order valence-electron chi connectivity index (χ1n) is 7.01. The van der Waals surface area contributed by atoms with Crippen molar-refractivity contribution in [3.8, 4) is 12.3 Å². The molecule has 112 valence electrons. The number of aromatic nitrogens is 1. The monoisotopic (exact) mass is 294 g/mol. The molecule has 0 aliphatic heterocycles. The lowest BCUT2D eigenvalue weighted by molar-refractivity contribution is 0.0681. The van der Waals surface area contributed by atoms with Gasteiger partial charge in [0.05, 0.1) is 11.7 Å². The van der Waals surface area contributed by atoms with Gasteiger partial charge in [-0.15, -0.1) is 6.42 Å². The molecule has 2 aromatic rings. The van der Waals surface area contributed by atoms with Crippen molar-refractivity contribution in [1.29, 1.82) is 0 Å². The molecule has 0 aliphatic rings. The molecular formula is C18H18N2O2. The molecule has 0 saturated heterocycles. The zero-order chi connectivity index (χ0) is 15.9. The van der Waals surface area contributed by atoms with E-state index < -0.39 is 6.10 Å². The van der Waals surface area contributed by atoms with Crippen molar-refractivity contribution in [2.24, 2.45) is 0 Å². The maximum absolute atomic E-state index is 12.4. The predicted molar refractivity (Wildman–Crippen MR) is 85.3 cm³/mol. The molecule has 0 spiro atoms. The van der Waals surface area contributed by atoms with Gasteiger partial charge in [-0.05, 0) is 23.6 Å². The largest absolute Gasteiger partial charge is 0.391 e. The van der Waals surface area contributed by atoms with Gasteiger partial charge in [-0.1, -0.05) is 30.3 Å². The number of benzene rings is 1. The van der Waals surface area contributed by atoms with E-state index in [-0.39, 0.29) is 12.5 Å². The van der Waals surface area contributed by atoms with Gasteiger partial charge in [-0.2, -0.15) is 0 Å². The summed E-state index contributed by atoms with van der Waals surface area (Å²) in [5.74, 6) is 2.16. The van der Waals surface area contributed by atoms with Gasteiger partial charge in [0, 0.05) is 26.2 Å². The van der Waals surface area contributed by atoms with Crippen LogP contribution in [0.25, 0.3) is 0 Å². The van der Waals surface area contributed by atoms with Crippen LogP contribution in [-0.2, 0) is 6.42 Å². The molecule has 4 heteroatoms. The number of pyridine rings is 1. The highest BCUT2D eigenvalue weighted by molar-refractivity contribution is 5.96. The Hall–Kier alpha value is -2.64. The minimum atomic E-state index is -0.637. The predicted octanol–water partition coefficient (Wildman–Crippen LogP) is 1.74. The standard InChI is InChI=1S/C18H18N2O2/c1-3-17-16(10-7-11-19-17)18(22)20(2)13-15(21)12-14-8-5-4-6-9-14/h1,4-11,15,21H,12-13H2,2H3. The lowest BCUT2D eigenvalue weighted by Crippen LogP contribution is -2.35. The zero-order valence-electron chi connectivity index (χ0n) is 12.4. The Bertz CT molecular complexity index is 677. The molecule has 1 N–H and O–H groups in total. The smallest absolute Gasteiger partial charge is 0.256 e. The average molecular weight is 294 g/mol. The fourth-order valence-electron chi connectivity index (χ4n) is 2.25. The van der Waals surface area contributed by atoms with Gasteiger partial charge in [0.2, 0.25) is 0 Å². The van der Waals surface area contributed by atoms with Crippen molar-refractivity contribution < 1.29 is 9.90 Å². The third-order valence-electron chi connectivity index (χ3n) is 3.32. The van der Waals surface area contributed by atoms with Crippen LogP contribution in [0.5, 0.6) is 0 Å². The van der Waals surface area contributed by atoms with Crippen molar-refractivity contribution in [2.75, 3.05) is 13.6 Å². The minimum absolute atomic E-state index is 0.229. The molecule has 0 bridgehead atoms. The normalized spacial score (nSPS) is 11.5. The van der Waals surface area contributed by atoms with E-state index in [1.54, 1.807) is 25.4 Å². The molecule has 1 atom stereocenters. The molecule has 1 amide bonds. The van der Waals surface area contributed by atoms with Gasteiger partial charge in [0.25, 0.3) is 5.91 Å². The highest BCUT2D eigenvalue weighted by atomic mass is 16.3. The fraction of sp³-hybridized carbons (Fsp3) is 0.222. The van der Waals surface area contributed by atoms with Crippen LogP contribution in [0, 0.1) is 12.3 Å². The van der Waals surface area contributed by atoms with E-state index in [1.165, 1.54) is 4.90 Å². The number of likely N-dealkylation sites (N-methyl/N-ethyl adjacent to an activating group) is 1. The van der Waals surface area contributed by atoms with Gasteiger partial charge in [-0.25, -0.2) is 4.98 Å². The maximum Gasteiger partial charge on any atom is 0.256 e. The van der Waals surface area contributed by atoms with Crippen LogP contribution in [0.2, 0.25) is 0 Å². The molecule has 2 rings (SSSR count). The lowest BCUT2D eigenvalue weighted by Gasteiger charge is -2.21. The Labute approximate surface area is 130 Å². The fourth-order valence-corrected chi connectivity index (χ4v) is 2.25. The molecule has 0 fully saturated rings. The van der Waals surface area contributed by atoms with E-state index in [0.29, 0.717) is 17.7 Å². The highest BCUT2D eigenvalue weighted by Gasteiger charge is 2.18. The van der Waals surface area contributed by atoms with Crippen molar-refractivity contribution in [2.45, 2.75) is 12.5 Å².